The Kier molecular flexibility index (Phi) is 2.73. The third-order valence-electron chi connectivity index (χ3n) is 5.09. The van der Waals surface area contributed by atoms with Crippen molar-refractivity contribution in [3.8, 4) is 0 Å². The van der Waals surface area contributed by atoms with Gasteiger partial charge in [-0.25, -0.2) is 0 Å². The molecule has 100 valence electrons. The Balaban J connectivity index is 1.76. The van der Waals surface area contributed by atoms with Crippen LogP contribution in [0.25, 0.3) is 0 Å². The maximum absolute atomic E-state index is 12.5. The van der Waals surface area contributed by atoms with Crippen molar-refractivity contribution in [2.75, 3.05) is 13.2 Å². The van der Waals surface area contributed by atoms with Crippen LogP contribution >= 0.6 is 0 Å². The summed E-state index contributed by atoms with van der Waals surface area (Å²) in [6, 6.07) is 0. The van der Waals surface area contributed by atoms with Crippen molar-refractivity contribution in [3.63, 3.8) is 0 Å². The molecule has 2 saturated carbocycles. The zero-order valence-corrected chi connectivity index (χ0v) is 10.8. The second kappa shape index (κ2) is 4.05. The maximum Gasteiger partial charge on any atom is 0.235 e. The molecule has 0 atom stereocenters. The van der Waals surface area contributed by atoms with Crippen LogP contribution in [0.2, 0.25) is 0 Å². The van der Waals surface area contributed by atoms with E-state index in [2.05, 4.69) is 0 Å². The zero-order valence-electron chi connectivity index (χ0n) is 10.8. The van der Waals surface area contributed by atoms with Crippen LogP contribution < -0.4 is 0 Å². The van der Waals surface area contributed by atoms with Gasteiger partial charge in [-0.1, -0.05) is 19.3 Å². The van der Waals surface area contributed by atoms with E-state index in [1.165, 1.54) is 11.3 Å². The molecule has 0 aromatic heterocycles. The van der Waals surface area contributed by atoms with Gasteiger partial charge in [0.15, 0.2) is 0 Å². The van der Waals surface area contributed by atoms with Crippen LogP contribution in [0.1, 0.15) is 51.4 Å². The van der Waals surface area contributed by atoms with Crippen LogP contribution in [0.5, 0.6) is 0 Å². The van der Waals surface area contributed by atoms with Crippen molar-refractivity contribution >= 4 is 11.8 Å². The largest absolute Gasteiger partial charge is 0.396 e. The van der Waals surface area contributed by atoms with Crippen molar-refractivity contribution < 1.29 is 14.7 Å². The van der Waals surface area contributed by atoms with E-state index in [4.69, 9.17) is 0 Å². The number of hydrogen-bond donors (Lipinski definition) is 1. The van der Waals surface area contributed by atoms with E-state index >= 15 is 0 Å². The average molecular weight is 251 g/mol. The smallest absolute Gasteiger partial charge is 0.235 e. The molecular formula is C14H21NO3. The van der Waals surface area contributed by atoms with Gasteiger partial charge < -0.3 is 5.11 Å². The minimum Gasteiger partial charge on any atom is -0.396 e. The van der Waals surface area contributed by atoms with Gasteiger partial charge in [-0.3, -0.25) is 14.5 Å². The number of amides is 2. The molecule has 1 heterocycles. The summed E-state index contributed by atoms with van der Waals surface area (Å²) in [5.74, 6) is 0.0357. The van der Waals surface area contributed by atoms with Gasteiger partial charge in [0.25, 0.3) is 0 Å². The molecule has 1 aliphatic heterocycles. The molecule has 3 fully saturated rings. The lowest BCUT2D eigenvalue weighted by Crippen LogP contribution is -2.40. The first-order valence-corrected chi connectivity index (χ1v) is 7.07. The molecule has 4 nitrogen and oxygen atoms in total. The molecule has 3 aliphatic rings. The fourth-order valence-electron chi connectivity index (χ4n) is 3.52. The number of carbonyl (C=O) groups is 2. The number of likely N-dealkylation sites (tertiary alicyclic amines) is 1. The number of carbonyl (C=O) groups excluding carboxylic acids is 2. The van der Waals surface area contributed by atoms with Gasteiger partial charge in [-0.15, -0.1) is 0 Å². The third-order valence-corrected chi connectivity index (χ3v) is 5.09. The van der Waals surface area contributed by atoms with Gasteiger partial charge >= 0.3 is 0 Å². The van der Waals surface area contributed by atoms with Crippen LogP contribution in [0.4, 0.5) is 0 Å². The highest BCUT2D eigenvalue weighted by atomic mass is 16.3. The number of imide groups is 1. The van der Waals surface area contributed by atoms with Crippen molar-refractivity contribution in [2.24, 2.45) is 10.8 Å². The van der Waals surface area contributed by atoms with Crippen molar-refractivity contribution in [1.82, 2.24) is 4.90 Å². The van der Waals surface area contributed by atoms with Gasteiger partial charge in [-0.2, -0.15) is 0 Å². The van der Waals surface area contributed by atoms with Gasteiger partial charge in [0.2, 0.25) is 11.8 Å². The van der Waals surface area contributed by atoms with Gasteiger partial charge in [0.1, 0.15) is 0 Å². The highest BCUT2D eigenvalue weighted by Gasteiger charge is 2.55. The molecule has 0 radical (unpaired) electrons. The Morgan fingerprint density at radius 3 is 2.28 bits per heavy atom. The number of nitrogens with zero attached hydrogens (tertiary/aromatic N) is 1. The maximum atomic E-state index is 12.5. The highest BCUT2D eigenvalue weighted by molar-refractivity contribution is 6.06. The molecule has 1 spiro atoms. The van der Waals surface area contributed by atoms with Crippen LogP contribution in [-0.4, -0.2) is 35.0 Å². The van der Waals surface area contributed by atoms with Crippen LogP contribution in [0, 0.1) is 10.8 Å². The minimum absolute atomic E-state index is 0.0124. The SMILES string of the molecule is O=C1CC2(CCCCC2)C(=O)N1CC1(CO)CC1. The lowest BCUT2D eigenvalue weighted by Gasteiger charge is -2.31. The standard InChI is InChI=1S/C14H21NO3/c16-10-13(6-7-13)9-15-11(17)8-14(12(15)18)4-2-1-3-5-14/h16H,1-10H2. The first kappa shape index (κ1) is 12.2. The van der Waals surface area contributed by atoms with Crippen LogP contribution in [-0.2, 0) is 9.59 Å². The molecule has 4 heteroatoms. The normalized spacial score (nSPS) is 29.1. The Labute approximate surface area is 107 Å². The monoisotopic (exact) mass is 251 g/mol. The number of aliphatic hydroxyl groups excluding tert-OH is 1. The van der Waals surface area contributed by atoms with Crippen LogP contribution in [0.15, 0.2) is 0 Å². The third kappa shape index (κ3) is 1.78. The van der Waals surface area contributed by atoms with E-state index in [0.29, 0.717) is 13.0 Å². The summed E-state index contributed by atoms with van der Waals surface area (Å²) in [5.41, 5.74) is -0.535. The summed E-state index contributed by atoms with van der Waals surface area (Å²) < 4.78 is 0. The van der Waals surface area contributed by atoms with Crippen molar-refractivity contribution in [2.45, 2.75) is 51.4 Å². The molecule has 0 aromatic carbocycles. The first-order valence-electron chi connectivity index (χ1n) is 7.07. The number of hydrogen-bond acceptors (Lipinski definition) is 3. The quantitative estimate of drug-likeness (QED) is 0.773. The Hall–Kier alpha value is -0.900. The summed E-state index contributed by atoms with van der Waals surface area (Å²) in [7, 11) is 0. The topological polar surface area (TPSA) is 57.6 Å². The summed E-state index contributed by atoms with van der Waals surface area (Å²) in [6.45, 7) is 0.542. The molecule has 18 heavy (non-hydrogen) atoms. The van der Waals surface area contributed by atoms with Crippen molar-refractivity contribution in [3.05, 3.63) is 0 Å². The summed E-state index contributed by atoms with van der Waals surface area (Å²) >= 11 is 0. The second-order valence-electron chi connectivity index (χ2n) is 6.46. The lowest BCUT2D eigenvalue weighted by molar-refractivity contribution is -0.143. The van der Waals surface area contributed by atoms with E-state index in [1.54, 1.807) is 0 Å². The fourth-order valence-corrected chi connectivity index (χ4v) is 3.52. The molecule has 3 rings (SSSR count). The first-order chi connectivity index (χ1) is 8.61. The van der Waals surface area contributed by atoms with E-state index < -0.39 is 0 Å². The van der Waals surface area contributed by atoms with E-state index in [-0.39, 0.29) is 29.3 Å². The highest BCUT2D eigenvalue weighted by Crippen LogP contribution is 2.50. The summed E-state index contributed by atoms with van der Waals surface area (Å²) in [6.07, 6.45) is 7.36. The summed E-state index contributed by atoms with van der Waals surface area (Å²) in [4.78, 5) is 26.1. The molecule has 2 aliphatic carbocycles. The molecule has 0 bridgehead atoms. The van der Waals surface area contributed by atoms with Crippen molar-refractivity contribution in [1.29, 1.82) is 0 Å². The van der Waals surface area contributed by atoms with E-state index in [9.17, 15) is 14.7 Å². The van der Waals surface area contributed by atoms with Gasteiger partial charge in [0, 0.05) is 18.4 Å². The molecule has 0 unspecified atom stereocenters. The average Bonchev–Trinajstić information content (AvgIpc) is 3.12. The van der Waals surface area contributed by atoms with E-state index in [0.717, 1.165) is 38.5 Å². The number of aliphatic hydroxyl groups is 1. The lowest BCUT2D eigenvalue weighted by atomic mass is 9.73. The Morgan fingerprint density at radius 1 is 1.06 bits per heavy atom. The van der Waals surface area contributed by atoms with E-state index in [1.807, 2.05) is 0 Å². The molecule has 1 saturated heterocycles. The number of rotatable bonds is 3. The molecule has 2 amide bonds. The fraction of sp³-hybridized carbons (Fsp3) is 0.857. The Morgan fingerprint density at radius 2 is 1.72 bits per heavy atom. The van der Waals surface area contributed by atoms with Gasteiger partial charge in [0.05, 0.1) is 12.0 Å². The van der Waals surface area contributed by atoms with Gasteiger partial charge in [-0.05, 0) is 25.7 Å². The predicted octanol–water partition coefficient (Wildman–Crippen LogP) is 1.47. The molecule has 0 aromatic rings. The minimum atomic E-state index is -0.374. The Bertz CT molecular complexity index is 381. The summed E-state index contributed by atoms with van der Waals surface area (Å²) in [5, 5.41) is 9.34. The molecule has 1 N–H and O–H groups in total. The van der Waals surface area contributed by atoms with Crippen LogP contribution in [0.3, 0.4) is 0 Å². The zero-order chi connectivity index (χ0) is 12.8. The predicted molar refractivity (Wildman–Crippen MR) is 65.6 cm³/mol. The molecular weight excluding hydrogens is 230 g/mol. The second-order valence-corrected chi connectivity index (χ2v) is 6.46.